The Bertz CT molecular complexity index is 700. The van der Waals surface area contributed by atoms with Gasteiger partial charge < -0.3 is 5.32 Å². The number of nitrogens with one attached hydrogen (secondary N) is 1. The molecule has 1 amide bonds. The van der Waals surface area contributed by atoms with Gasteiger partial charge in [0.15, 0.2) is 0 Å². The first kappa shape index (κ1) is 17.5. The summed E-state index contributed by atoms with van der Waals surface area (Å²) in [7, 11) is 0. The zero-order chi connectivity index (χ0) is 17.0. The Balaban J connectivity index is 2.15. The fourth-order valence-electron chi connectivity index (χ4n) is 2.35. The maximum Gasteiger partial charge on any atom is 0.237 e. The lowest BCUT2D eigenvalue weighted by Crippen LogP contribution is -2.24. The number of rotatable bonds is 5. The van der Waals surface area contributed by atoms with Crippen LogP contribution in [0.15, 0.2) is 47.4 Å². The molecule has 1 N–H and O–H groups in total. The number of hydrogen-bond donors (Lipinski definition) is 1. The Hall–Kier alpha value is -1.81. The highest BCUT2D eigenvalue weighted by molar-refractivity contribution is 8.00. The van der Waals surface area contributed by atoms with Crippen LogP contribution < -0.4 is 5.32 Å². The lowest BCUT2D eigenvalue weighted by Gasteiger charge is -2.18. The van der Waals surface area contributed by atoms with Crippen LogP contribution in [0.3, 0.4) is 0 Å². The third kappa shape index (κ3) is 4.35. The Labute approximate surface area is 141 Å². The molecule has 0 saturated carbocycles. The van der Waals surface area contributed by atoms with Crippen molar-refractivity contribution < 1.29 is 9.18 Å². The third-order valence-corrected chi connectivity index (χ3v) is 4.84. The molecule has 0 aliphatic carbocycles. The van der Waals surface area contributed by atoms with Crippen molar-refractivity contribution in [3.63, 3.8) is 0 Å². The standard InChI is InChI=1S/C19H22FNOS/c1-12(2)15-9-7-8-13(3)18(15)21-19(22)14(4)23-17-11-6-5-10-16(17)20/h5-12,14H,1-4H3,(H,21,22). The fraction of sp³-hybridized carbons (Fsp3) is 0.316. The summed E-state index contributed by atoms with van der Waals surface area (Å²) in [5.74, 6) is -0.0925. The zero-order valence-electron chi connectivity index (χ0n) is 13.9. The van der Waals surface area contributed by atoms with E-state index < -0.39 is 0 Å². The van der Waals surface area contributed by atoms with E-state index in [1.54, 1.807) is 25.1 Å². The molecule has 2 rings (SSSR count). The molecule has 0 saturated heterocycles. The summed E-state index contributed by atoms with van der Waals surface area (Å²) >= 11 is 1.23. The van der Waals surface area contributed by atoms with E-state index in [0.717, 1.165) is 16.8 Å². The second-order valence-electron chi connectivity index (χ2n) is 5.87. The summed E-state index contributed by atoms with van der Waals surface area (Å²) in [6.45, 7) is 7.97. The van der Waals surface area contributed by atoms with E-state index in [0.29, 0.717) is 10.8 Å². The molecule has 1 atom stereocenters. The number of halogens is 1. The molecule has 0 radical (unpaired) electrons. The number of para-hydroxylation sites is 1. The van der Waals surface area contributed by atoms with Gasteiger partial charge in [-0.1, -0.05) is 44.2 Å². The summed E-state index contributed by atoms with van der Waals surface area (Å²) in [6.07, 6.45) is 0. The zero-order valence-corrected chi connectivity index (χ0v) is 14.7. The second-order valence-corrected chi connectivity index (χ2v) is 7.26. The topological polar surface area (TPSA) is 29.1 Å². The minimum atomic E-state index is -0.383. The van der Waals surface area contributed by atoms with Crippen molar-refractivity contribution in [1.29, 1.82) is 0 Å². The molecule has 0 aliphatic rings. The Kier molecular flexibility index (Phi) is 5.83. The minimum Gasteiger partial charge on any atom is -0.325 e. The highest BCUT2D eigenvalue weighted by Gasteiger charge is 2.19. The molecule has 2 nitrogen and oxygen atoms in total. The summed E-state index contributed by atoms with van der Waals surface area (Å²) in [5, 5.41) is 2.63. The monoisotopic (exact) mass is 331 g/mol. The normalized spacial score (nSPS) is 12.3. The lowest BCUT2D eigenvalue weighted by atomic mass is 9.98. The van der Waals surface area contributed by atoms with Crippen molar-refractivity contribution in [3.8, 4) is 0 Å². The van der Waals surface area contributed by atoms with Gasteiger partial charge in [-0.2, -0.15) is 0 Å². The van der Waals surface area contributed by atoms with E-state index in [-0.39, 0.29) is 17.0 Å². The average molecular weight is 331 g/mol. The molecule has 0 aromatic heterocycles. The molecule has 0 spiro atoms. The Morgan fingerprint density at radius 3 is 2.43 bits per heavy atom. The number of amides is 1. The van der Waals surface area contributed by atoms with Gasteiger partial charge in [0.05, 0.1) is 5.25 Å². The van der Waals surface area contributed by atoms with Crippen molar-refractivity contribution in [3.05, 3.63) is 59.4 Å². The van der Waals surface area contributed by atoms with Gasteiger partial charge in [0.25, 0.3) is 0 Å². The molecular formula is C19H22FNOS. The van der Waals surface area contributed by atoms with Crippen molar-refractivity contribution in [2.24, 2.45) is 0 Å². The van der Waals surface area contributed by atoms with Crippen LogP contribution in [-0.2, 0) is 4.79 Å². The van der Waals surface area contributed by atoms with Crippen LogP contribution in [0.2, 0.25) is 0 Å². The van der Waals surface area contributed by atoms with Crippen molar-refractivity contribution in [2.45, 2.75) is 43.8 Å². The van der Waals surface area contributed by atoms with Gasteiger partial charge in [-0.3, -0.25) is 4.79 Å². The number of anilines is 1. The average Bonchev–Trinajstić information content (AvgIpc) is 2.51. The summed E-state index contributed by atoms with van der Waals surface area (Å²) in [5.41, 5.74) is 3.02. The van der Waals surface area contributed by atoms with Crippen LogP contribution in [-0.4, -0.2) is 11.2 Å². The third-order valence-electron chi connectivity index (χ3n) is 3.68. The first-order valence-electron chi connectivity index (χ1n) is 7.71. The molecular weight excluding hydrogens is 309 g/mol. The number of carbonyl (C=O) groups is 1. The second kappa shape index (κ2) is 7.64. The number of thioether (sulfide) groups is 1. The smallest absolute Gasteiger partial charge is 0.237 e. The molecule has 0 heterocycles. The molecule has 23 heavy (non-hydrogen) atoms. The Morgan fingerprint density at radius 2 is 1.78 bits per heavy atom. The minimum absolute atomic E-state index is 0.116. The quantitative estimate of drug-likeness (QED) is 0.746. The van der Waals surface area contributed by atoms with Gasteiger partial charge in [-0.05, 0) is 43.0 Å². The van der Waals surface area contributed by atoms with Gasteiger partial charge >= 0.3 is 0 Å². The van der Waals surface area contributed by atoms with Crippen LogP contribution in [0.1, 0.15) is 37.8 Å². The van der Waals surface area contributed by atoms with Crippen LogP contribution in [0.4, 0.5) is 10.1 Å². The first-order valence-corrected chi connectivity index (χ1v) is 8.59. The lowest BCUT2D eigenvalue weighted by molar-refractivity contribution is -0.115. The predicted molar refractivity (Wildman–Crippen MR) is 95.6 cm³/mol. The molecule has 0 fully saturated rings. The first-order chi connectivity index (χ1) is 10.9. The summed E-state index contributed by atoms with van der Waals surface area (Å²) in [6, 6.07) is 12.5. The number of hydrogen-bond acceptors (Lipinski definition) is 2. The van der Waals surface area contributed by atoms with Crippen LogP contribution >= 0.6 is 11.8 Å². The van der Waals surface area contributed by atoms with Crippen molar-refractivity contribution in [2.75, 3.05) is 5.32 Å². The van der Waals surface area contributed by atoms with Gasteiger partial charge in [0.1, 0.15) is 5.82 Å². The van der Waals surface area contributed by atoms with Gasteiger partial charge in [0.2, 0.25) is 5.91 Å². The molecule has 4 heteroatoms. The van der Waals surface area contributed by atoms with Gasteiger partial charge in [0, 0.05) is 10.6 Å². The number of aryl methyl sites for hydroxylation is 1. The van der Waals surface area contributed by atoms with Crippen LogP contribution in [0.5, 0.6) is 0 Å². The molecule has 0 aliphatic heterocycles. The van der Waals surface area contributed by atoms with E-state index in [2.05, 4.69) is 19.2 Å². The molecule has 0 bridgehead atoms. The highest BCUT2D eigenvalue weighted by atomic mass is 32.2. The van der Waals surface area contributed by atoms with Crippen molar-refractivity contribution in [1.82, 2.24) is 0 Å². The largest absolute Gasteiger partial charge is 0.325 e. The van der Waals surface area contributed by atoms with Crippen molar-refractivity contribution >= 4 is 23.4 Å². The summed E-state index contributed by atoms with van der Waals surface area (Å²) in [4.78, 5) is 13.0. The molecule has 2 aromatic carbocycles. The van der Waals surface area contributed by atoms with E-state index in [9.17, 15) is 9.18 Å². The summed E-state index contributed by atoms with van der Waals surface area (Å²) < 4.78 is 13.7. The maximum absolute atomic E-state index is 13.7. The van der Waals surface area contributed by atoms with Crippen LogP contribution in [0, 0.1) is 12.7 Å². The number of carbonyl (C=O) groups excluding carboxylic acids is 1. The predicted octanol–water partition coefficient (Wildman–Crippen LogP) is 5.38. The molecule has 1 unspecified atom stereocenters. The maximum atomic E-state index is 13.7. The van der Waals surface area contributed by atoms with Gasteiger partial charge in [-0.15, -0.1) is 11.8 Å². The SMILES string of the molecule is Cc1cccc(C(C)C)c1NC(=O)C(C)Sc1ccccc1F. The van der Waals surface area contributed by atoms with Gasteiger partial charge in [-0.25, -0.2) is 4.39 Å². The van der Waals surface area contributed by atoms with E-state index in [4.69, 9.17) is 0 Å². The van der Waals surface area contributed by atoms with E-state index in [1.807, 2.05) is 25.1 Å². The molecule has 122 valence electrons. The van der Waals surface area contributed by atoms with E-state index >= 15 is 0 Å². The highest BCUT2D eigenvalue weighted by Crippen LogP contribution is 2.30. The number of benzene rings is 2. The fourth-order valence-corrected chi connectivity index (χ4v) is 3.24. The molecule has 2 aromatic rings. The van der Waals surface area contributed by atoms with Crippen LogP contribution in [0.25, 0.3) is 0 Å². The Morgan fingerprint density at radius 1 is 1.09 bits per heavy atom. The van der Waals surface area contributed by atoms with E-state index in [1.165, 1.54) is 17.8 Å².